The van der Waals surface area contributed by atoms with E-state index in [1.807, 2.05) is 32.0 Å². The number of anilines is 1. The third-order valence-corrected chi connectivity index (χ3v) is 6.93. The fraction of sp³-hybridized carbons (Fsp3) is 0.333. The molecule has 0 spiro atoms. The largest absolute Gasteiger partial charge is 0.454 e. The average molecular weight is 434 g/mol. The number of carbonyl (C=O) groups is 2. The van der Waals surface area contributed by atoms with Crippen molar-refractivity contribution in [2.24, 2.45) is 0 Å². The monoisotopic (exact) mass is 434 g/mol. The molecular weight excluding hydrogens is 411 g/mol. The first-order valence-electron chi connectivity index (χ1n) is 9.51. The van der Waals surface area contributed by atoms with Crippen molar-refractivity contribution in [2.45, 2.75) is 37.6 Å². The summed E-state index contributed by atoms with van der Waals surface area (Å²) in [5.41, 5.74) is 2.38. The summed E-state index contributed by atoms with van der Waals surface area (Å²) >= 11 is 0. The number of amides is 1. The van der Waals surface area contributed by atoms with Gasteiger partial charge in [-0.1, -0.05) is 30.3 Å². The van der Waals surface area contributed by atoms with Gasteiger partial charge in [-0.25, -0.2) is 12.8 Å². The molecule has 7 nitrogen and oxygen atoms in total. The molecule has 1 atom stereocenters. The van der Waals surface area contributed by atoms with Crippen LogP contribution in [0.5, 0.6) is 0 Å². The number of benzene rings is 2. The van der Waals surface area contributed by atoms with Gasteiger partial charge in [0.15, 0.2) is 6.61 Å². The summed E-state index contributed by atoms with van der Waals surface area (Å²) in [6.45, 7) is 3.22. The molecule has 160 valence electrons. The van der Waals surface area contributed by atoms with Crippen LogP contribution in [0.25, 0.3) is 0 Å². The van der Waals surface area contributed by atoms with Gasteiger partial charge in [-0.2, -0.15) is 4.31 Å². The van der Waals surface area contributed by atoms with E-state index in [1.165, 1.54) is 12.1 Å². The number of hydrogen-bond donors (Lipinski definition) is 1. The zero-order valence-corrected chi connectivity index (χ0v) is 17.5. The number of rotatable bonds is 6. The Morgan fingerprint density at radius 3 is 2.47 bits per heavy atom. The number of ether oxygens (including phenoxy) is 1. The van der Waals surface area contributed by atoms with E-state index in [1.54, 1.807) is 0 Å². The molecule has 0 aromatic heterocycles. The highest BCUT2D eigenvalue weighted by Gasteiger charge is 2.41. The predicted molar refractivity (Wildman–Crippen MR) is 109 cm³/mol. The Bertz CT molecular complexity index is 1050. The minimum Gasteiger partial charge on any atom is -0.454 e. The molecule has 1 N–H and O–H groups in total. The first-order chi connectivity index (χ1) is 14.2. The number of carbonyl (C=O) groups excluding carboxylic acids is 2. The van der Waals surface area contributed by atoms with Gasteiger partial charge in [0.1, 0.15) is 16.8 Å². The molecule has 1 amide bonds. The lowest BCUT2D eigenvalue weighted by atomic mass is 10.1. The molecule has 0 unspecified atom stereocenters. The van der Waals surface area contributed by atoms with Gasteiger partial charge in [0.2, 0.25) is 10.0 Å². The summed E-state index contributed by atoms with van der Waals surface area (Å²) < 4.78 is 45.7. The number of esters is 1. The smallest absolute Gasteiger partial charge is 0.324 e. The highest BCUT2D eigenvalue weighted by atomic mass is 32.2. The highest BCUT2D eigenvalue weighted by Crippen LogP contribution is 2.28. The van der Waals surface area contributed by atoms with E-state index in [0.717, 1.165) is 27.6 Å². The number of aryl methyl sites for hydroxylation is 2. The lowest BCUT2D eigenvalue weighted by Gasteiger charge is -2.23. The predicted octanol–water partition coefficient (Wildman–Crippen LogP) is 2.78. The minimum atomic E-state index is -4.20. The maximum Gasteiger partial charge on any atom is 0.324 e. The summed E-state index contributed by atoms with van der Waals surface area (Å²) in [5.74, 6) is -2.24. The molecule has 3 rings (SSSR count). The number of halogens is 1. The standard InChI is InChI=1S/C21H23FN2O5S/c1-14-7-5-8-15(2)20(14)23-19(25)13-29-21(26)17-10-6-12-24(17)30(27,28)18-11-4-3-9-16(18)22/h3-5,7-9,11,17H,6,10,12-13H2,1-2H3,(H,23,25)/t17-/m1/s1. The van der Waals surface area contributed by atoms with Gasteiger partial charge < -0.3 is 10.1 Å². The lowest BCUT2D eigenvalue weighted by molar-refractivity contribution is -0.150. The number of nitrogens with one attached hydrogen (secondary N) is 1. The van der Waals surface area contributed by atoms with Gasteiger partial charge in [0.05, 0.1) is 0 Å². The molecule has 0 bridgehead atoms. The fourth-order valence-corrected chi connectivity index (χ4v) is 5.18. The maximum absolute atomic E-state index is 14.0. The molecule has 0 aliphatic carbocycles. The quantitative estimate of drug-likeness (QED) is 0.706. The van der Waals surface area contributed by atoms with Gasteiger partial charge in [-0.15, -0.1) is 0 Å². The Morgan fingerprint density at radius 2 is 1.80 bits per heavy atom. The normalized spacial score (nSPS) is 17.0. The first kappa shape index (κ1) is 21.9. The molecule has 0 radical (unpaired) electrons. The molecule has 9 heteroatoms. The molecule has 1 saturated heterocycles. The van der Waals surface area contributed by atoms with Crippen molar-refractivity contribution in [1.29, 1.82) is 0 Å². The molecule has 30 heavy (non-hydrogen) atoms. The molecule has 0 saturated carbocycles. The Morgan fingerprint density at radius 1 is 1.13 bits per heavy atom. The second kappa shape index (κ2) is 8.93. The first-order valence-corrected chi connectivity index (χ1v) is 10.9. The Hall–Kier alpha value is -2.78. The van der Waals surface area contributed by atoms with E-state index >= 15 is 0 Å². The topological polar surface area (TPSA) is 92.8 Å². The number of para-hydroxylation sites is 1. The van der Waals surface area contributed by atoms with E-state index in [0.29, 0.717) is 12.1 Å². The van der Waals surface area contributed by atoms with Crippen LogP contribution in [0.4, 0.5) is 10.1 Å². The Labute approximate surface area is 174 Å². The number of nitrogens with zero attached hydrogens (tertiary/aromatic N) is 1. The van der Waals surface area contributed by atoms with Gasteiger partial charge in [-0.3, -0.25) is 9.59 Å². The molecule has 2 aromatic rings. The van der Waals surface area contributed by atoms with Crippen LogP contribution in [0, 0.1) is 19.7 Å². The minimum absolute atomic E-state index is 0.0744. The fourth-order valence-electron chi connectivity index (χ4n) is 3.46. The number of sulfonamides is 1. The number of hydrogen-bond acceptors (Lipinski definition) is 5. The van der Waals surface area contributed by atoms with Crippen molar-refractivity contribution in [2.75, 3.05) is 18.5 Å². The Balaban J connectivity index is 1.66. The summed E-state index contributed by atoms with van der Waals surface area (Å²) in [7, 11) is -4.20. The Kier molecular flexibility index (Phi) is 6.52. The third-order valence-electron chi connectivity index (χ3n) is 4.99. The lowest BCUT2D eigenvalue weighted by Crippen LogP contribution is -2.42. The molecule has 1 fully saturated rings. The molecule has 2 aromatic carbocycles. The van der Waals surface area contributed by atoms with Crippen LogP contribution >= 0.6 is 0 Å². The van der Waals surface area contributed by atoms with Crippen LogP contribution in [-0.4, -0.2) is 43.8 Å². The summed E-state index contributed by atoms with van der Waals surface area (Å²) in [4.78, 5) is 24.2. The van der Waals surface area contributed by atoms with Crippen molar-refractivity contribution in [3.05, 3.63) is 59.4 Å². The summed E-state index contributed by atoms with van der Waals surface area (Å²) in [6, 6.07) is 9.47. The SMILES string of the molecule is Cc1cccc(C)c1NC(=O)COC(=O)[C@H]1CCCN1S(=O)(=O)c1ccccc1F. The van der Waals surface area contributed by atoms with Crippen molar-refractivity contribution in [3.8, 4) is 0 Å². The summed E-state index contributed by atoms with van der Waals surface area (Å²) in [6.07, 6.45) is 0.674. The van der Waals surface area contributed by atoms with E-state index in [-0.39, 0.29) is 13.0 Å². The highest BCUT2D eigenvalue weighted by molar-refractivity contribution is 7.89. The summed E-state index contributed by atoms with van der Waals surface area (Å²) in [5, 5.41) is 2.70. The molecule has 1 aliphatic heterocycles. The van der Waals surface area contributed by atoms with Gasteiger partial charge >= 0.3 is 5.97 Å². The van der Waals surface area contributed by atoms with E-state index in [4.69, 9.17) is 4.74 Å². The van der Waals surface area contributed by atoms with Crippen molar-refractivity contribution < 1.29 is 27.1 Å². The van der Waals surface area contributed by atoms with Crippen molar-refractivity contribution in [1.82, 2.24) is 4.31 Å². The van der Waals surface area contributed by atoms with E-state index < -0.39 is 45.3 Å². The molecule has 1 heterocycles. The van der Waals surface area contributed by atoms with Crippen LogP contribution < -0.4 is 5.32 Å². The van der Waals surface area contributed by atoms with Crippen LogP contribution in [0.3, 0.4) is 0 Å². The average Bonchev–Trinajstić information content (AvgIpc) is 3.20. The van der Waals surface area contributed by atoms with Crippen LogP contribution in [0.2, 0.25) is 0 Å². The van der Waals surface area contributed by atoms with Gasteiger partial charge in [0, 0.05) is 12.2 Å². The zero-order chi connectivity index (χ0) is 21.9. The van der Waals surface area contributed by atoms with Crippen molar-refractivity contribution >= 4 is 27.6 Å². The molecular formula is C21H23FN2O5S. The van der Waals surface area contributed by atoms with Crippen LogP contribution in [-0.2, 0) is 24.3 Å². The third kappa shape index (κ3) is 4.52. The van der Waals surface area contributed by atoms with E-state index in [2.05, 4.69) is 5.32 Å². The van der Waals surface area contributed by atoms with E-state index in [9.17, 15) is 22.4 Å². The van der Waals surface area contributed by atoms with Crippen LogP contribution in [0.15, 0.2) is 47.4 Å². The van der Waals surface area contributed by atoms with Crippen molar-refractivity contribution in [3.63, 3.8) is 0 Å². The zero-order valence-electron chi connectivity index (χ0n) is 16.7. The second-order valence-electron chi connectivity index (χ2n) is 7.13. The maximum atomic E-state index is 14.0. The van der Waals surface area contributed by atoms with Gasteiger partial charge in [0.25, 0.3) is 5.91 Å². The van der Waals surface area contributed by atoms with Gasteiger partial charge in [-0.05, 0) is 49.9 Å². The molecule has 1 aliphatic rings. The second-order valence-corrected chi connectivity index (χ2v) is 8.99. The van der Waals surface area contributed by atoms with Crippen LogP contribution in [0.1, 0.15) is 24.0 Å².